The van der Waals surface area contributed by atoms with Crippen LogP contribution in [0.1, 0.15) is 32.6 Å². The number of likely N-dealkylation sites (N-methyl/N-ethyl adjacent to an activating group) is 1. The van der Waals surface area contributed by atoms with Crippen LogP contribution in [0, 0.1) is 5.92 Å². The van der Waals surface area contributed by atoms with Crippen molar-refractivity contribution in [3.63, 3.8) is 0 Å². The lowest BCUT2D eigenvalue weighted by Gasteiger charge is -2.36. The van der Waals surface area contributed by atoms with Crippen molar-refractivity contribution in [1.29, 1.82) is 0 Å². The van der Waals surface area contributed by atoms with Crippen molar-refractivity contribution in [3.8, 4) is 0 Å². The Kier molecular flexibility index (Phi) is 6.64. The van der Waals surface area contributed by atoms with E-state index in [9.17, 15) is 9.59 Å². The van der Waals surface area contributed by atoms with Gasteiger partial charge in [0.15, 0.2) is 0 Å². The van der Waals surface area contributed by atoms with Crippen molar-refractivity contribution < 1.29 is 9.59 Å². The van der Waals surface area contributed by atoms with Crippen LogP contribution in [0.25, 0.3) is 0 Å². The zero-order valence-electron chi connectivity index (χ0n) is 13.8. The molecular weight excluding hydrogens is 280 g/mol. The molecule has 0 unspecified atom stereocenters. The van der Waals surface area contributed by atoms with E-state index in [2.05, 4.69) is 11.8 Å². The van der Waals surface area contributed by atoms with E-state index in [1.165, 1.54) is 0 Å². The molecule has 0 radical (unpaired) electrons. The molecule has 0 aliphatic carbocycles. The number of piperidine rings is 1. The third-order valence-electron chi connectivity index (χ3n) is 4.96. The highest BCUT2D eigenvalue weighted by Crippen LogP contribution is 2.22. The molecule has 0 aromatic rings. The second-order valence-electron chi connectivity index (χ2n) is 6.38. The minimum atomic E-state index is 0.156. The highest BCUT2D eigenvalue weighted by molar-refractivity contribution is 5.77. The molecule has 0 saturated carbocycles. The van der Waals surface area contributed by atoms with E-state index >= 15 is 0 Å². The first-order valence-electron chi connectivity index (χ1n) is 8.62. The van der Waals surface area contributed by atoms with E-state index in [-0.39, 0.29) is 5.91 Å². The van der Waals surface area contributed by atoms with Crippen LogP contribution in [0.3, 0.4) is 0 Å². The summed E-state index contributed by atoms with van der Waals surface area (Å²) in [5.41, 5.74) is 5.43. The lowest BCUT2D eigenvalue weighted by Crippen LogP contribution is -2.49. The number of hydrogen-bond donors (Lipinski definition) is 1. The second kappa shape index (κ2) is 8.48. The minimum Gasteiger partial charge on any atom is -0.343 e. The lowest BCUT2D eigenvalue weighted by molar-refractivity contribution is -0.135. The molecular formula is C16H30N4O2. The predicted molar refractivity (Wildman–Crippen MR) is 86.3 cm³/mol. The summed E-state index contributed by atoms with van der Waals surface area (Å²) in [6, 6.07) is 0. The van der Waals surface area contributed by atoms with Gasteiger partial charge in [0.05, 0.1) is 0 Å². The van der Waals surface area contributed by atoms with Gasteiger partial charge in [-0.25, -0.2) is 0 Å². The first-order chi connectivity index (χ1) is 10.6. The normalized spacial score (nSPS) is 21.2. The molecule has 2 aliphatic heterocycles. The number of rotatable bonds is 5. The molecule has 0 atom stereocenters. The standard InChI is InChI=1S/C16H30N4O2/c1-2-18-9-11-20(12-10-18)16(22)13-14-4-7-19(8-5-14)15(21)3-6-17/h14H,2-13,17H2,1H3. The SMILES string of the molecule is CCN1CCN(C(=O)CC2CCN(C(=O)CCN)CC2)CC1. The molecule has 2 heterocycles. The van der Waals surface area contributed by atoms with Crippen LogP contribution in [-0.2, 0) is 9.59 Å². The fourth-order valence-corrected chi connectivity index (χ4v) is 3.36. The largest absolute Gasteiger partial charge is 0.343 e. The molecule has 0 bridgehead atoms. The molecule has 6 heteroatoms. The second-order valence-corrected chi connectivity index (χ2v) is 6.38. The summed E-state index contributed by atoms with van der Waals surface area (Å²) in [5, 5.41) is 0. The maximum absolute atomic E-state index is 12.4. The van der Waals surface area contributed by atoms with E-state index in [1.807, 2.05) is 9.80 Å². The fraction of sp³-hybridized carbons (Fsp3) is 0.875. The number of carbonyl (C=O) groups excluding carboxylic acids is 2. The van der Waals surface area contributed by atoms with Crippen LogP contribution in [0.2, 0.25) is 0 Å². The molecule has 2 N–H and O–H groups in total. The van der Waals surface area contributed by atoms with E-state index in [0.29, 0.717) is 31.2 Å². The van der Waals surface area contributed by atoms with Gasteiger partial charge in [0.2, 0.25) is 11.8 Å². The van der Waals surface area contributed by atoms with Crippen LogP contribution in [0.5, 0.6) is 0 Å². The highest BCUT2D eigenvalue weighted by Gasteiger charge is 2.27. The van der Waals surface area contributed by atoms with E-state index in [0.717, 1.165) is 58.7 Å². The smallest absolute Gasteiger partial charge is 0.223 e. The number of nitrogens with two attached hydrogens (primary N) is 1. The Hall–Kier alpha value is -1.14. The predicted octanol–water partition coefficient (Wildman–Crippen LogP) is 0.128. The Morgan fingerprint density at radius 1 is 0.955 bits per heavy atom. The molecule has 126 valence electrons. The van der Waals surface area contributed by atoms with Crippen molar-refractivity contribution in [2.24, 2.45) is 11.7 Å². The van der Waals surface area contributed by atoms with E-state index < -0.39 is 0 Å². The van der Waals surface area contributed by atoms with Crippen LogP contribution in [0.4, 0.5) is 0 Å². The van der Waals surface area contributed by atoms with Crippen molar-refractivity contribution >= 4 is 11.8 Å². The van der Waals surface area contributed by atoms with Gasteiger partial charge in [-0.1, -0.05) is 6.92 Å². The molecule has 2 aliphatic rings. The average molecular weight is 310 g/mol. The fourth-order valence-electron chi connectivity index (χ4n) is 3.36. The van der Waals surface area contributed by atoms with Gasteiger partial charge in [0.1, 0.15) is 0 Å². The molecule has 0 aromatic heterocycles. The van der Waals surface area contributed by atoms with Gasteiger partial charge >= 0.3 is 0 Å². The van der Waals surface area contributed by atoms with Crippen molar-refractivity contribution in [2.45, 2.75) is 32.6 Å². The van der Waals surface area contributed by atoms with Crippen LogP contribution in [-0.4, -0.2) is 78.9 Å². The molecule has 0 spiro atoms. The zero-order valence-corrected chi connectivity index (χ0v) is 13.8. The molecule has 0 aromatic carbocycles. The van der Waals surface area contributed by atoms with Crippen molar-refractivity contribution in [1.82, 2.24) is 14.7 Å². The van der Waals surface area contributed by atoms with Crippen LogP contribution < -0.4 is 5.73 Å². The van der Waals surface area contributed by atoms with Crippen LogP contribution in [0.15, 0.2) is 0 Å². The first-order valence-corrected chi connectivity index (χ1v) is 8.62. The Bertz CT molecular complexity index is 372. The summed E-state index contributed by atoms with van der Waals surface area (Å²) in [6.07, 6.45) is 2.96. The number of hydrogen-bond acceptors (Lipinski definition) is 4. The summed E-state index contributed by atoms with van der Waals surface area (Å²) >= 11 is 0. The van der Waals surface area contributed by atoms with E-state index in [4.69, 9.17) is 5.73 Å². The molecule has 2 saturated heterocycles. The Labute approximate surface area is 133 Å². The van der Waals surface area contributed by atoms with Crippen molar-refractivity contribution in [2.75, 3.05) is 52.4 Å². The summed E-state index contributed by atoms with van der Waals surface area (Å²) in [7, 11) is 0. The number of carbonyl (C=O) groups is 2. The summed E-state index contributed by atoms with van der Waals surface area (Å²) < 4.78 is 0. The van der Waals surface area contributed by atoms with Gasteiger partial charge in [0.25, 0.3) is 0 Å². The molecule has 6 nitrogen and oxygen atoms in total. The molecule has 22 heavy (non-hydrogen) atoms. The summed E-state index contributed by atoms with van der Waals surface area (Å²) in [6.45, 7) is 8.92. The lowest BCUT2D eigenvalue weighted by atomic mass is 9.92. The van der Waals surface area contributed by atoms with Gasteiger partial charge in [0, 0.05) is 58.7 Å². The van der Waals surface area contributed by atoms with Gasteiger partial charge in [-0.05, 0) is 25.3 Å². The Morgan fingerprint density at radius 2 is 1.55 bits per heavy atom. The Morgan fingerprint density at radius 3 is 2.09 bits per heavy atom. The number of likely N-dealkylation sites (tertiary alicyclic amines) is 1. The molecule has 2 rings (SSSR count). The summed E-state index contributed by atoms with van der Waals surface area (Å²) in [4.78, 5) is 30.5. The number of piperazine rings is 1. The third kappa shape index (κ3) is 4.68. The van der Waals surface area contributed by atoms with Gasteiger partial charge in [-0.2, -0.15) is 0 Å². The summed E-state index contributed by atoms with van der Waals surface area (Å²) in [5.74, 6) is 0.879. The Balaban J connectivity index is 1.69. The average Bonchev–Trinajstić information content (AvgIpc) is 2.55. The minimum absolute atomic E-state index is 0.156. The van der Waals surface area contributed by atoms with Gasteiger partial charge < -0.3 is 20.4 Å². The zero-order chi connectivity index (χ0) is 15.9. The molecule has 2 amide bonds. The maximum atomic E-state index is 12.4. The number of amides is 2. The van der Waals surface area contributed by atoms with E-state index in [1.54, 1.807) is 0 Å². The highest BCUT2D eigenvalue weighted by atomic mass is 16.2. The topological polar surface area (TPSA) is 69.9 Å². The van der Waals surface area contributed by atoms with Gasteiger partial charge in [-0.15, -0.1) is 0 Å². The quantitative estimate of drug-likeness (QED) is 0.783. The molecule has 2 fully saturated rings. The monoisotopic (exact) mass is 310 g/mol. The maximum Gasteiger partial charge on any atom is 0.223 e. The van der Waals surface area contributed by atoms with Crippen molar-refractivity contribution in [3.05, 3.63) is 0 Å². The first kappa shape index (κ1) is 17.2. The van der Waals surface area contributed by atoms with Gasteiger partial charge in [-0.3, -0.25) is 9.59 Å². The number of nitrogens with zero attached hydrogens (tertiary/aromatic N) is 3. The van der Waals surface area contributed by atoms with Crippen LogP contribution >= 0.6 is 0 Å². The third-order valence-corrected chi connectivity index (χ3v) is 4.96.